The first-order valence-corrected chi connectivity index (χ1v) is 10.2. The van der Waals surface area contributed by atoms with Crippen LogP contribution in [0.2, 0.25) is 0 Å². The van der Waals surface area contributed by atoms with E-state index in [2.05, 4.69) is 15.0 Å². The van der Waals surface area contributed by atoms with Crippen molar-refractivity contribution in [3.8, 4) is 0 Å². The normalized spacial score (nSPS) is 12.1. The van der Waals surface area contributed by atoms with Crippen molar-refractivity contribution in [2.75, 3.05) is 0 Å². The van der Waals surface area contributed by atoms with E-state index < -0.39 is 35.9 Å². The number of amides is 1. The fraction of sp³-hybridized carbons (Fsp3) is 0.167. The number of pyridine rings is 1. The highest BCUT2D eigenvalue weighted by atomic mass is 19.4. The smallest absolute Gasteiger partial charge is 0.330 e. The number of carbonyl (C=O) groups is 1. The molecule has 0 fully saturated rings. The number of rotatable bonds is 5. The van der Waals surface area contributed by atoms with E-state index >= 15 is 0 Å². The van der Waals surface area contributed by atoms with Crippen LogP contribution < -0.4 is 0 Å². The number of alkyl halides is 6. The molecule has 0 radical (unpaired) electrons. The summed E-state index contributed by atoms with van der Waals surface area (Å²) in [6.07, 6.45) is -4.14. The van der Waals surface area contributed by atoms with E-state index in [9.17, 15) is 31.1 Å². The SMILES string of the molecule is O=C(c1ccc2nccnc2c1)N(Cc1ccncc1)Cc1cc(C(F)(F)F)cc(C(F)(F)F)c1. The van der Waals surface area contributed by atoms with E-state index in [1.54, 1.807) is 18.2 Å². The van der Waals surface area contributed by atoms with Crippen LogP contribution in [0.1, 0.15) is 32.6 Å². The third-order valence-electron chi connectivity index (χ3n) is 5.15. The van der Waals surface area contributed by atoms with Gasteiger partial charge in [0.2, 0.25) is 0 Å². The summed E-state index contributed by atoms with van der Waals surface area (Å²) in [4.78, 5) is 26.7. The van der Waals surface area contributed by atoms with Gasteiger partial charge in [-0.15, -0.1) is 0 Å². The summed E-state index contributed by atoms with van der Waals surface area (Å²) in [5.74, 6) is -0.597. The summed E-state index contributed by atoms with van der Waals surface area (Å²) in [6.45, 7) is -0.565. The average molecular weight is 490 g/mol. The minimum absolute atomic E-state index is 0.0561. The van der Waals surface area contributed by atoms with Crippen LogP contribution in [-0.2, 0) is 25.4 Å². The van der Waals surface area contributed by atoms with Crippen LogP contribution >= 0.6 is 0 Å². The molecule has 0 bridgehead atoms. The summed E-state index contributed by atoms with van der Waals surface area (Å²) >= 11 is 0. The van der Waals surface area contributed by atoms with Crippen molar-refractivity contribution in [3.05, 3.63) is 101 Å². The topological polar surface area (TPSA) is 59.0 Å². The number of aromatic nitrogens is 3. The van der Waals surface area contributed by atoms with Gasteiger partial charge >= 0.3 is 12.4 Å². The summed E-state index contributed by atoms with van der Waals surface area (Å²) in [6, 6.07) is 9.00. The average Bonchev–Trinajstić information content (AvgIpc) is 2.82. The summed E-state index contributed by atoms with van der Waals surface area (Å²) in [7, 11) is 0. The maximum atomic E-state index is 13.4. The molecule has 0 saturated heterocycles. The van der Waals surface area contributed by atoms with E-state index in [0.717, 1.165) is 0 Å². The van der Waals surface area contributed by atoms with Crippen LogP contribution in [0, 0.1) is 0 Å². The highest BCUT2D eigenvalue weighted by Crippen LogP contribution is 2.36. The van der Waals surface area contributed by atoms with Gasteiger partial charge in [-0.25, -0.2) is 0 Å². The Morgan fingerprint density at radius 3 is 1.86 bits per heavy atom. The second-order valence-corrected chi connectivity index (χ2v) is 7.69. The minimum Gasteiger partial charge on any atom is -0.330 e. The molecule has 5 nitrogen and oxygen atoms in total. The monoisotopic (exact) mass is 490 g/mol. The Kier molecular flexibility index (Phi) is 6.42. The zero-order valence-corrected chi connectivity index (χ0v) is 17.8. The lowest BCUT2D eigenvalue weighted by molar-refractivity contribution is -0.143. The van der Waals surface area contributed by atoms with Gasteiger partial charge < -0.3 is 4.90 Å². The Morgan fingerprint density at radius 1 is 0.686 bits per heavy atom. The fourth-order valence-electron chi connectivity index (χ4n) is 3.52. The number of halogens is 6. The molecule has 2 heterocycles. The molecule has 0 aliphatic carbocycles. The molecule has 0 aliphatic heterocycles. The second-order valence-electron chi connectivity index (χ2n) is 7.69. The number of nitrogens with zero attached hydrogens (tertiary/aromatic N) is 4. The molecule has 0 aliphatic rings. The van der Waals surface area contributed by atoms with Crippen molar-refractivity contribution in [1.29, 1.82) is 0 Å². The van der Waals surface area contributed by atoms with Crippen LogP contribution in [0.5, 0.6) is 0 Å². The van der Waals surface area contributed by atoms with Gasteiger partial charge in [-0.05, 0) is 59.7 Å². The van der Waals surface area contributed by atoms with Crippen molar-refractivity contribution >= 4 is 16.9 Å². The predicted octanol–water partition coefficient (Wildman–Crippen LogP) is 5.91. The van der Waals surface area contributed by atoms with E-state index in [4.69, 9.17) is 0 Å². The molecule has 2 aromatic heterocycles. The van der Waals surface area contributed by atoms with Crippen molar-refractivity contribution in [3.63, 3.8) is 0 Å². The molecule has 0 atom stereocenters. The van der Waals surface area contributed by atoms with E-state index in [0.29, 0.717) is 28.7 Å². The molecule has 4 aromatic rings. The summed E-state index contributed by atoms with van der Waals surface area (Å²) < 4.78 is 79.9. The molecule has 180 valence electrons. The first-order valence-electron chi connectivity index (χ1n) is 10.2. The van der Waals surface area contributed by atoms with Crippen molar-refractivity contribution in [2.24, 2.45) is 0 Å². The van der Waals surface area contributed by atoms with Crippen molar-refractivity contribution in [1.82, 2.24) is 19.9 Å². The number of hydrogen-bond donors (Lipinski definition) is 0. The molecule has 0 spiro atoms. The number of hydrogen-bond acceptors (Lipinski definition) is 4. The van der Waals surface area contributed by atoms with Crippen molar-refractivity contribution in [2.45, 2.75) is 25.4 Å². The fourth-order valence-corrected chi connectivity index (χ4v) is 3.52. The van der Waals surface area contributed by atoms with Crippen LogP contribution in [0.3, 0.4) is 0 Å². The van der Waals surface area contributed by atoms with Gasteiger partial charge in [-0.3, -0.25) is 19.7 Å². The molecule has 1 amide bonds. The third-order valence-corrected chi connectivity index (χ3v) is 5.15. The second kappa shape index (κ2) is 9.32. The molecular weight excluding hydrogens is 474 g/mol. The van der Waals surface area contributed by atoms with Crippen LogP contribution in [0.4, 0.5) is 26.3 Å². The zero-order valence-electron chi connectivity index (χ0n) is 17.8. The Balaban J connectivity index is 1.75. The van der Waals surface area contributed by atoms with Gasteiger partial charge in [0.1, 0.15) is 0 Å². The quantitative estimate of drug-likeness (QED) is 0.327. The minimum atomic E-state index is -4.99. The molecule has 11 heteroatoms. The Bertz CT molecular complexity index is 1320. The van der Waals surface area contributed by atoms with Gasteiger partial charge in [-0.2, -0.15) is 26.3 Å². The van der Waals surface area contributed by atoms with Crippen LogP contribution in [-0.4, -0.2) is 25.8 Å². The molecule has 35 heavy (non-hydrogen) atoms. The van der Waals surface area contributed by atoms with Gasteiger partial charge in [0, 0.05) is 43.4 Å². The van der Waals surface area contributed by atoms with Crippen molar-refractivity contribution < 1.29 is 31.1 Å². The molecule has 0 unspecified atom stereocenters. The first kappa shape index (κ1) is 24.1. The highest BCUT2D eigenvalue weighted by Gasteiger charge is 2.37. The van der Waals surface area contributed by atoms with Gasteiger partial charge in [0.15, 0.2) is 0 Å². The third kappa shape index (κ3) is 5.73. The Labute approximate surface area is 195 Å². The summed E-state index contributed by atoms with van der Waals surface area (Å²) in [5.41, 5.74) is -1.50. The van der Waals surface area contributed by atoms with E-state index in [1.165, 1.54) is 41.8 Å². The summed E-state index contributed by atoms with van der Waals surface area (Å²) in [5, 5.41) is 0. The zero-order chi connectivity index (χ0) is 25.2. The molecule has 4 rings (SSSR count). The standard InChI is InChI=1S/C24H16F6N4O/c25-23(26,27)18-9-16(10-19(12-18)24(28,29)30)14-34(13-15-3-5-31-6-4-15)22(35)17-1-2-20-21(11-17)33-8-7-32-20/h1-12H,13-14H2. The molecule has 0 N–H and O–H groups in total. The number of benzene rings is 2. The maximum absolute atomic E-state index is 13.4. The Hall–Kier alpha value is -4.02. The number of carbonyl (C=O) groups excluding carboxylic acids is 1. The lowest BCUT2D eigenvalue weighted by atomic mass is 10.0. The maximum Gasteiger partial charge on any atom is 0.416 e. The highest BCUT2D eigenvalue weighted by molar-refractivity contribution is 5.97. The lowest BCUT2D eigenvalue weighted by Crippen LogP contribution is -2.30. The molecule has 2 aromatic carbocycles. The van der Waals surface area contributed by atoms with E-state index in [1.807, 2.05) is 0 Å². The largest absolute Gasteiger partial charge is 0.416 e. The van der Waals surface area contributed by atoms with Crippen LogP contribution in [0.25, 0.3) is 11.0 Å². The molecular formula is C24H16F6N4O. The number of fused-ring (bicyclic) bond motifs is 1. The first-order chi connectivity index (χ1) is 16.5. The van der Waals surface area contributed by atoms with Gasteiger partial charge in [0.25, 0.3) is 5.91 Å². The lowest BCUT2D eigenvalue weighted by Gasteiger charge is -2.24. The van der Waals surface area contributed by atoms with Crippen LogP contribution in [0.15, 0.2) is 73.3 Å². The molecule has 0 saturated carbocycles. The predicted molar refractivity (Wildman–Crippen MR) is 114 cm³/mol. The van der Waals surface area contributed by atoms with Gasteiger partial charge in [0.05, 0.1) is 22.2 Å². The van der Waals surface area contributed by atoms with E-state index in [-0.39, 0.29) is 23.7 Å². The van der Waals surface area contributed by atoms with Gasteiger partial charge in [-0.1, -0.05) is 0 Å². The Morgan fingerprint density at radius 2 is 1.26 bits per heavy atom.